The summed E-state index contributed by atoms with van der Waals surface area (Å²) in [6, 6.07) is 3.20. The smallest absolute Gasteiger partial charge is 0.286 e. The Morgan fingerprint density at radius 2 is 2.17 bits per heavy atom. The molecule has 124 valence electrons. The maximum absolute atomic E-state index is 11.8. The van der Waals surface area contributed by atoms with E-state index in [0.717, 1.165) is 30.7 Å². The minimum Gasteiger partial charge on any atom is -0.459 e. The molecular formula is C15H20N4O3S. The number of rotatable bonds is 9. The highest BCUT2D eigenvalue weighted by Crippen LogP contribution is 2.17. The third kappa shape index (κ3) is 5.82. The van der Waals surface area contributed by atoms with E-state index in [1.54, 1.807) is 12.1 Å². The molecule has 8 heteroatoms. The molecule has 0 aromatic carbocycles. The zero-order valence-corrected chi connectivity index (χ0v) is 13.8. The van der Waals surface area contributed by atoms with Gasteiger partial charge in [0.25, 0.3) is 5.91 Å². The SMILES string of the molecule is CCCCCc1nnc(NC(=O)CCNC(=O)c2ccco2)s1. The quantitative estimate of drug-likeness (QED) is 0.686. The van der Waals surface area contributed by atoms with Gasteiger partial charge in [-0.3, -0.25) is 9.59 Å². The second kappa shape index (κ2) is 9.04. The molecule has 0 spiro atoms. The van der Waals surface area contributed by atoms with Gasteiger partial charge in [0.1, 0.15) is 5.01 Å². The van der Waals surface area contributed by atoms with Gasteiger partial charge in [0.05, 0.1) is 6.26 Å². The number of furan rings is 1. The summed E-state index contributed by atoms with van der Waals surface area (Å²) in [5.74, 6) is -0.316. The summed E-state index contributed by atoms with van der Waals surface area (Å²) >= 11 is 1.39. The topological polar surface area (TPSA) is 97.1 Å². The number of hydrogen-bond donors (Lipinski definition) is 2. The van der Waals surface area contributed by atoms with E-state index >= 15 is 0 Å². The fraction of sp³-hybridized carbons (Fsp3) is 0.467. The zero-order valence-electron chi connectivity index (χ0n) is 13.0. The van der Waals surface area contributed by atoms with E-state index in [1.807, 2.05) is 0 Å². The monoisotopic (exact) mass is 336 g/mol. The molecule has 0 aliphatic heterocycles. The molecule has 0 fully saturated rings. The van der Waals surface area contributed by atoms with Crippen molar-refractivity contribution in [2.75, 3.05) is 11.9 Å². The van der Waals surface area contributed by atoms with Crippen LogP contribution in [0.5, 0.6) is 0 Å². The van der Waals surface area contributed by atoms with Crippen LogP contribution >= 0.6 is 11.3 Å². The molecule has 2 N–H and O–H groups in total. The van der Waals surface area contributed by atoms with Gasteiger partial charge in [0.15, 0.2) is 5.76 Å². The summed E-state index contributed by atoms with van der Waals surface area (Å²) in [5.41, 5.74) is 0. The number of aromatic nitrogens is 2. The van der Waals surface area contributed by atoms with Crippen LogP contribution < -0.4 is 10.6 Å². The Labute approximate surface area is 138 Å². The molecule has 0 atom stereocenters. The number of hydrogen-bond acceptors (Lipinski definition) is 6. The van der Waals surface area contributed by atoms with Gasteiger partial charge < -0.3 is 15.1 Å². The van der Waals surface area contributed by atoms with Crippen LogP contribution in [0, 0.1) is 0 Å². The summed E-state index contributed by atoms with van der Waals surface area (Å²) in [7, 11) is 0. The maximum Gasteiger partial charge on any atom is 0.286 e. The molecule has 0 aliphatic carbocycles. The lowest BCUT2D eigenvalue weighted by Gasteiger charge is -2.03. The molecule has 2 aromatic rings. The highest BCUT2D eigenvalue weighted by Gasteiger charge is 2.10. The Bertz CT molecular complexity index is 624. The lowest BCUT2D eigenvalue weighted by Crippen LogP contribution is -2.27. The third-order valence-electron chi connectivity index (χ3n) is 3.09. The van der Waals surface area contributed by atoms with E-state index in [9.17, 15) is 9.59 Å². The Morgan fingerprint density at radius 3 is 2.91 bits per heavy atom. The largest absolute Gasteiger partial charge is 0.459 e. The van der Waals surface area contributed by atoms with Gasteiger partial charge in [-0.1, -0.05) is 31.1 Å². The number of aryl methyl sites for hydroxylation is 1. The highest BCUT2D eigenvalue weighted by molar-refractivity contribution is 7.15. The summed E-state index contributed by atoms with van der Waals surface area (Å²) in [6.07, 6.45) is 5.88. The second-order valence-corrected chi connectivity index (χ2v) is 6.05. The van der Waals surface area contributed by atoms with Crippen molar-refractivity contribution in [1.82, 2.24) is 15.5 Å². The van der Waals surface area contributed by atoms with Gasteiger partial charge in [0.2, 0.25) is 11.0 Å². The molecule has 2 aromatic heterocycles. The van der Waals surface area contributed by atoms with Crippen molar-refractivity contribution < 1.29 is 14.0 Å². The summed E-state index contributed by atoms with van der Waals surface area (Å²) in [6.45, 7) is 2.38. The Hall–Kier alpha value is -2.22. The van der Waals surface area contributed by atoms with Crippen LogP contribution in [0.1, 0.15) is 48.2 Å². The van der Waals surface area contributed by atoms with E-state index < -0.39 is 0 Å². The lowest BCUT2D eigenvalue weighted by molar-refractivity contribution is -0.116. The number of anilines is 1. The fourth-order valence-electron chi connectivity index (χ4n) is 1.90. The van der Waals surface area contributed by atoms with Gasteiger partial charge in [-0.2, -0.15) is 0 Å². The first-order valence-electron chi connectivity index (χ1n) is 7.63. The van der Waals surface area contributed by atoms with Crippen molar-refractivity contribution in [3.05, 3.63) is 29.2 Å². The minimum absolute atomic E-state index is 0.164. The van der Waals surface area contributed by atoms with E-state index in [4.69, 9.17) is 4.42 Å². The average Bonchev–Trinajstić information content (AvgIpc) is 3.19. The number of unbranched alkanes of at least 4 members (excludes halogenated alkanes) is 2. The third-order valence-corrected chi connectivity index (χ3v) is 3.99. The van der Waals surface area contributed by atoms with Crippen LogP contribution in [0.4, 0.5) is 5.13 Å². The van der Waals surface area contributed by atoms with Crippen molar-refractivity contribution >= 4 is 28.3 Å². The average molecular weight is 336 g/mol. The zero-order chi connectivity index (χ0) is 16.5. The number of nitrogens with one attached hydrogen (secondary N) is 2. The number of carbonyl (C=O) groups is 2. The van der Waals surface area contributed by atoms with Crippen LogP contribution in [-0.2, 0) is 11.2 Å². The van der Waals surface area contributed by atoms with Crippen molar-refractivity contribution in [2.45, 2.75) is 39.0 Å². The van der Waals surface area contributed by atoms with Crippen molar-refractivity contribution in [3.63, 3.8) is 0 Å². The van der Waals surface area contributed by atoms with Gasteiger partial charge in [-0.05, 0) is 18.6 Å². The number of amides is 2. The normalized spacial score (nSPS) is 10.5. The first kappa shape index (κ1) is 17.1. The molecular weight excluding hydrogens is 316 g/mol. The lowest BCUT2D eigenvalue weighted by atomic mass is 10.2. The van der Waals surface area contributed by atoms with Crippen LogP contribution in [0.15, 0.2) is 22.8 Å². The molecule has 0 saturated heterocycles. The molecule has 0 radical (unpaired) electrons. The van der Waals surface area contributed by atoms with Crippen molar-refractivity contribution in [1.29, 1.82) is 0 Å². The Morgan fingerprint density at radius 1 is 1.30 bits per heavy atom. The van der Waals surface area contributed by atoms with E-state index in [2.05, 4.69) is 27.8 Å². The van der Waals surface area contributed by atoms with E-state index in [0.29, 0.717) is 5.13 Å². The van der Waals surface area contributed by atoms with Crippen LogP contribution in [-0.4, -0.2) is 28.6 Å². The molecule has 7 nitrogen and oxygen atoms in total. The van der Waals surface area contributed by atoms with Crippen LogP contribution in [0.2, 0.25) is 0 Å². The van der Waals surface area contributed by atoms with E-state index in [1.165, 1.54) is 17.6 Å². The van der Waals surface area contributed by atoms with Gasteiger partial charge >= 0.3 is 0 Å². The van der Waals surface area contributed by atoms with Crippen molar-refractivity contribution in [2.24, 2.45) is 0 Å². The minimum atomic E-state index is -0.336. The van der Waals surface area contributed by atoms with Gasteiger partial charge in [-0.25, -0.2) is 0 Å². The highest BCUT2D eigenvalue weighted by atomic mass is 32.1. The van der Waals surface area contributed by atoms with E-state index in [-0.39, 0.29) is 30.5 Å². The van der Waals surface area contributed by atoms with Crippen LogP contribution in [0.25, 0.3) is 0 Å². The molecule has 2 heterocycles. The Balaban J connectivity index is 1.67. The summed E-state index contributed by atoms with van der Waals surface area (Å²) in [5, 5.41) is 14.7. The molecule has 0 saturated carbocycles. The first-order valence-corrected chi connectivity index (χ1v) is 8.44. The van der Waals surface area contributed by atoms with Gasteiger partial charge in [0, 0.05) is 19.4 Å². The first-order chi connectivity index (χ1) is 11.2. The molecule has 0 unspecified atom stereocenters. The predicted octanol–water partition coefficient (Wildman–Crippen LogP) is 2.62. The molecule has 2 amide bonds. The predicted molar refractivity (Wildman–Crippen MR) is 87.4 cm³/mol. The number of carbonyl (C=O) groups excluding carboxylic acids is 2. The van der Waals surface area contributed by atoms with Crippen molar-refractivity contribution in [3.8, 4) is 0 Å². The van der Waals surface area contributed by atoms with Crippen LogP contribution in [0.3, 0.4) is 0 Å². The Kier molecular flexibility index (Phi) is 6.74. The second-order valence-electron chi connectivity index (χ2n) is 4.99. The molecule has 0 aliphatic rings. The molecule has 23 heavy (non-hydrogen) atoms. The summed E-state index contributed by atoms with van der Waals surface area (Å²) < 4.78 is 4.96. The summed E-state index contributed by atoms with van der Waals surface area (Å²) in [4.78, 5) is 23.4. The number of nitrogens with zero attached hydrogens (tertiary/aromatic N) is 2. The fourth-order valence-corrected chi connectivity index (χ4v) is 2.70. The molecule has 0 bridgehead atoms. The maximum atomic E-state index is 11.8. The standard InChI is InChI=1S/C15H20N4O3S/c1-2-3-4-7-13-18-19-15(23-13)17-12(20)8-9-16-14(21)11-6-5-10-22-11/h5-6,10H,2-4,7-9H2,1H3,(H,16,21)(H,17,19,20). The molecule has 2 rings (SSSR count). The van der Waals surface area contributed by atoms with Gasteiger partial charge in [-0.15, -0.1) is 10.2 Å².